The lowest BCUT2D eigenvalue weighted by atomic mass is 9.92. The number of aromatic amines is 1. The fraction of sp³-hybridized carbons (Fsp3) is 0.391. The number of nitrogens with one attached hydrogen (secondary N) is 2. The van der Waals surface area contributed by atoms with Crippen LogP contribution < -0.4 is 10.2 Å². The van der Waals surface area contributed by atoms with Crippen LogP contribution in [0.1, 0.15) is 26.0 Å². The van der Waals surface area contributed by atoms with E-state index >= 15 is 0 Å². The highest BCUT2D eigenvalue weighted by Crippen LogP contribution is 2.35. The van der Waals surface area contributed by atoms with E-state index in [1.54, 1.807) is 24.4 Å². The van der Waals surface area contributed by atoms with E-state index in [0.29, 0.717) is 48.6 Å². The average Bonchev–Trinajstić information content (AvgIpc) is 3.24. The van der Waals surface area contributed by atoms with E-state index in [2.05, 4.69) is 20.3 Å². The number of nitrogens with zero attached hydrogens (tertiary/aromatic N) is 4. The Kier molecular flexibility index (Phi) is 6.39. The van der Waals surface area contributed by atoms with Crippen LogP contribution in [0.5, 0.6) is 0 Å². The summed E-state index contributed by atoms with van der Waals surface area (Å²) >= 11 is 0. The van der Waals surface area contributed by atoms with Gasteiger partial charge >= 0.3 is 0 Å². The molecule has 9 nitrogen and oxygen atoms in total. The Bertz CT molecular complexity index is 1120. The minimum Gasteiger partial charge on any atom is -0.356 e. The van der Waals surface area contributed by atoms with Crippen LogP contribution in [0.4, 0.5) is 10.3 Å². The molecule has 4 rings (SSSR count). The highest BCUT2D eigenvalue weighted by molar-refractivity contribution is 5.77. The summed E-state index contributed by atoms with van der Waals surface area (Å²) in [5.41, 5.74) is 2.28. The van der Waals surface area contributed by atoms with Crippen LogP contribution >= 0.6 is 0 Å². The number of carbonyl (C=O) groups excluding carboxylic acids is 1. The number of rotatable bonds is 6. The van der Waals surface area contributed by atoms with E-state index < -0.39 is 6.29 Å². The van der Waals surface area contributed by atoms with Crippen LogP contribution in [-0.4, -0.2) is 59.7 Å². The van der Waals surface area contributed by atoms with Crippen LogP contribution in [0.15, 0.2) is 36.5 Å². The van der Waals surface area contributed by atoms with Gasteiger partial charge in [0.05, 0.1) is 30.3 Å². The lowest BCUT2D eigenvalue weighted by molar-refractivity contribution is -0.232. The largest absolute Gasteiger partial charge is 0.356 e. The molecule has 1 fully saturated rings. The van der Waals surface area contributed by atoms with E-state index in [9.17, 15) is 9.18 Å². The summed E-state index contributed by atoms with van der Waals surface area (Å²) in [5, 5.41) is 2.81. The van der Waals surface area contributed by atoms with Gasteiger partial charge < -0.3 is 24.7 Å². The van der Waals surface area contributed by atoms with Gasteiger partial charge in [-0.25, -0.2) is 19.3 Å². The highest BCUT2D eigenvalue weighted by Gasteiger charge is 2.35. The average molecular weight is 455 g/mol. The molecule has 33 heavy (non-hydrogen) atoms. The van der Waals surface area contributed by atoms with Crippen molar-refractivity contribution in [2.45, 2.75) is 20.1 Å². The summed E-state index contributed by atoms with van der Waals surface area (Å²) in [7, 11) is 3.72. The van der Waals surface area contributed by atoms with Crippen molar-refractivity contribution in [3.63, 3.8) is 0 Å². The van der Waals surface area contributed by atoms with Crippen molar-refractivity contribution < 1.29 is 18.7 Å². The van der Waals surface area contributed by atoms with Crippen molar-refractivity contribution in [2.24, 2.45) is 5.41 Å². The molecule has 1 saturated heterocycles. The molecule has 0 atom stereocenters. The van der Waals surface area contributed by atoms with Gasteiger partial charge in [-0.3, -0.25) is 4.79 Å². The molecule has 3 heterocycles. The Morgan fingerprint density at radius 1 is 1.21 bits per heavy atom. The molecule has 1 aliphatic heterocycles. The number of halogens is 1. The van der Waals surface area contributed by atoms with Gasteiger partial charge in [-0.15, -0.1) is 0 Å². The van der Waals surface area contributed by atoms with E-state index in [-0.39, 0.29) is 17.1 Å². The van der Waals surface area contributed by atoms with Crippen molar-refractivity contribution >= 4 is 11.9 Å². The van der Waals surface area contributed by atoms with Crippen LogP contribution in [0.2, 0.25) is 0 Å². The lowest BCUT2D eigenvalue weighted by Gasteiger charge is -2.36. The molecule has 10 heteroatoms. The van der Waals surface area contributed by atoms with Crippen molar-refractivity contribution in [2.75, 3.05) is 38.8 Å². The van der Waals surface area contributed by atoms with Crippen molar-refractivity contribution in [1.29, 1.82) is 0 Å². The summed E-state index contributed by atoms with van der Waals surface area (Å²) in [6.45, 7) is 4.69. The molecule has 0 spiro atoms. The van der Waals surface area contributed by atoms with Crippen molar-refractivity contribution in [1.82, 2.24) is 25.3 Å². The van der Waals surface area contributed by atoms with E-state index in [1.807, 2.05) is 25.9 Å². The summed E-state index contributed by atoms with van der Waals surface area (Å²) in [6, 6.07) is 7.89. The lowest BCUT2D eigenvalue weighted by Crippen LogP contribution is -2.45. The van der Waals surface area contributed by atoms with Crippen LogP contribution in [0.25, 0.3) is 22.6 Å². The number of hydrogen-bond donors (Lipinski definition) is 2. The molecule has 174 valence electrons. The molecule has 0 saturated carbocycles. The number of aromatic nitrogens is 4. The molecular formula is C23H27FN6O3. The molecule has 3 aromatic rings. The second kappa shape index (κ2) is 9.24. The van der Waals surface area contributed by atoms with Gasteiger partial charge in [0.2, 0.25) is 18.1 Å². The zero-order valence-corrected chi connectivity index (χ0v) is 19.1. The quantitative estimate of drug-likeness (QED) is 0.590. The number of ether oxygens (including phenoxy) is 2. The van der Waals surface area contributed by atoms with E-state index in [4.69, 9.17) is 14.5 Å². The van der Waals surface area contributed by atoms with Gasteiger partial charge in [0.15, 0.2) is 5.82 Å². The number of carbonyl (C=O) groups is 1. The fourth-order valence-electron chi connectivity index (χ4n) is 3.45. The maximum atomic E-state index is 13.5. The number of benzene rings is 1. The summed E-state index contributed by atoms with van der Waals surface area (Å²) in [4.78, 5) is 30.0. The molecule has 1 amide bonds. The number of amides is 1. The number of hydrogen-bond acceptors (Lipinski definition) is 7. The predicted molar refractivity (Wildman–Crippen MR) is 121 cm³/mol. The SMILES string of the molecule is CC(=O)NCC1(C)COC(c2nc(-c3ccc(F)cc3)c(-c3ccnc(N(C)C)n3)[nH]2)OC1. The third-order valence-electron chi connectivity index (χ3n) is 5.29. The molecule has 1 aliphatic rings. The van der Waals surface area contributed by atoms with E-state index in [1.165, 1.54) is 19.1 Å². The Hall–Kier alpha value is -3.37. The molecule has 1 aromatic carbocycles. The maximum absolute atomic E-state index is 13.5. The second-order valence-electron chi connectivity index (χ2n) is 8.66. The zero-order valence-electron chi connectivity index (χ0n) is 19.1. The highest BCUT2D eigenvalue weighted by atomic mass is 19.1. The minimum atomic E-state index is -0.710. The van der Waals surface area contributed by atoms with Crippen LogP contribution in [-0.2, 0) is 14.3 Å². The summed E-state index contributed by atoms with van der Waals surface area (Å²) < 4.78 is 25.5. The molecule has 0 unspecified atom stereocenters. The molecular weight excluding hydrogens is 427 g/mol. The number of anilines is 1. The Labute approximate surface area is 191 Å². The van der Waals surface area contributed by atoms with Crippen LogP contribution in [0, 0.1) is 11.2 Å². The first kappa shape index (κ1) is 22.8. The first-order valence-corrected chi connectivity index (χ1v) is 10.6. The third kappa shape index (κ3) is 5.18. The maximum Gasteiger partial charge on any atom is 0.225 e. The van der Waals surface area contributed by atoms with E-state index in [0.717, 1.165) is 5.56 Å². The normalized spacial score (nSPS) is 20.5. The monoisotopic (exact) mass is 454 g/mol. The number of imidazole rings is 1. The third-order valence-corrected chi connectivity index (χ3v) is 5.29. The van der Waals surface area contributed by atoms with Gasteiger partial charge in [0.25, 0.3) is 0 Å². The fourth-order valence-corrected chi connectivity index (χ4v) is 3.45. The van der Waals surface area contributed by atoms with Gasteiger partial charge in [0.1, 0.15) is 5.82 Å². The Morgan fingerprint density at radius 2 is 1.91 bits per heavy atom. The topological polar surface area (TPSA) is 105 Å². The standard InChI is InChI=1S/C23H27FN6O3/c1-14(31)26-11-23(2)12-32-21(33-13-23)20-28-18(15-5-7-16(24)8-6-15)19(29-20)17-9-10-25-22(27-17)30(3)4/h5-10,21H,11-13H2,1-4H3,(H,26,31)(H,28,29). The minimum absolute atomic E-state index is 0.0973. The summed E-state index contributed by atoms with van der Waals surface area (Å²) in [6.07, 6.45) is 0.965. The molecule has 0 radical (unpaired) electrons. The first-order valence-electron chi connectivity index (χ1n) is 10.6. The second-order valence-corrected chi connectivity index (χ2v) is 8.66. The molecule has 2 aromatic heterocycles. The van der Waals surface area contributed by atoms with Crippen molar-refractivity contribution in [3.8, 4) is 22.6 Å². The van der Waals surface area contributed by atoms with Crippen LogP contribution in [0.3, 0.4) is 0 Å². The Morgan fingerprint density at radius 3 is 2.55 bits per heavy atom. The molecule has 2 N–H and O–H groups in total. The molecule has 0 bridgehead atoms. The molecule has 0 aliphatic carbocycles. The van der Waals surface area contributed by atoms with Gasteiger partial charge in [0, 0.05) is 44.7 Å². The zero-order chi connectivity index (χ0) is 23.6. The first-order chi connectivity index (χ1) is 15.7. The van der Waals surface area contributed by atoms with Crippen molar-refractivity contribution in [3.05, 3.63) is 48.2 Å². The predicted octanol–water partition coefficient (Wildman–Crippen LogP) is 2.93. The van der Waals surface area contributed by atoms with Gasteiger partial charge in [-0.05, 0) is 30.3 Å². The van der Waals surface area contributed by atoms with Gasteiger partial charge in [-0.2, -0.15) is 0 Å². The smallest absolute Gasteiger partial charge is 0.225 e. The number of H-pyrrole nitrogens is 1. The summed E-state index contributed by atoms with van der Waals surface area (Å²) in [5.74, 6) is 0.605. The Balaban J connectivity index is 1.65. The van der Waals surface area contributed by atoms with Gasteiger partial charge in [-0.1, -0.05) is 6.92 Å².